The van der Waals surface area contributed by atoms with E-state index in [1.165, 1.54) is 0 Å². The fraction of sp³-hybridized carbons (Fsp3) is 0.500. The van der Waals surface area contributed by atoms with E-state index in [9.17, 15) is 9.90 Å². The molecule has 0 radical (unpaired) electrons. The Morgan fingerprint density at radius 2 is 2.05 bits per heavy atom. The molecule has 112 valence electrons. The highest BCUT2D eigenvalue weighted by molar-refractivity contribution is 9.10. The number of hydrogen-bond acceptors (Lipinski definition) is 4. The molecule has 0 saturated heterocycles. The molecule has 1 atom stereocenters. The lowest BCUT2D eigenvalue weighted by atomic mass is 10.0. The monoisotopic (exact) mass is 344 g/mol. The number of rotatable bonds is 8. The predicted molar refractivity (Wildman–Crippen MR) is 81.5 cm³/mol. The predicted octanol–water partition coefficient (Wildman–Crippen LogP) is 1.43. The minimum absolute atomic E-state index is 0.182. The van der Waals surface area contributed by atoms with E-state index < -0.39 is 11.6 Å². The summed E-state index contributed by atoms with van der Waals surface area (Å²) in [6.07, 6.45) is -0.446. The van der Waals surface area contributed by atoms with Crippen LogP contribution in [0.15, 0.2) is 28.7 Å². The number of primary amides is 1. The standard InChI is InChI=1S/C14H21BrN2O3/c1-14(2,7-13(16)19)17-8-11(18)9-20-12-5-3-10(15)4-6-12/h3-6,11,17-18H,7-9H2,1-2H3,(H2,16,19). The van der Waals surface area contributed by atoms with Crippen LogP contribution in [0.5, 0.6) is 5.75 Å². The van der Waals surface area contributed by atoms with Gasteiger partial charge in [-0.1, -0.05) is 15.9 Å². The molecule has 0 bridgehead atoms. The molecule has 1 aromatic carbocycles. The van der Waals surface area contributed by atoms with Crippen LogP contribution in [-0.4, -0.2) is 35.8 Å². The Hall–Kier alpha value is -1.11. The van der Waals surface area contributed by atoms with Crippen LogP contribution >= 0.6 is 15.9 Å². The van der Waals surface area contributed by atoms with Gasteiger partial charge in [0, 0.05) is 23.0 Å². The Balaban J connectivity index is 2.31. The third kappa shape index (κ3) is 6.88. The maximum absolute atomic E-state index is 10.9. The topological polar surface area (TPSA) is 84.6 Å². The van der Waals surface area contributed by atoms with Crippen molar-refractivity contribution < 1.29 is 14.6 Å². The van der Waals surface area contributed by atoms with Gasteiger partial charge in [0.05, 0.1) is 0 Å². The number of ether oxygens (including phenoxy) is 1. The number of hydrogen-bond donors (Lipinski definition) is 3. The van der Waals surface area contributed by atoms with Crippen molar-refractivity contribution >= 4 is 21.8 Å². The first kappa shape index (κ1) is 16.9. The highest BCUT2D eigenvalue weighted by Gasteiger charge is 2.21. The Morgan fingerprint density at radius 3 is 2.60 bits per heavy atom. The molecule has 1 aromatic rings. The summed E-state index contributed by atoms with van der Waals surface area (Å²) in [7, 11) is 0. The van der Waals surface area contributed by atoms with Crippen molar-refractivity contribution in [3.05, 3.63) is 28.7 Å². The number of aliphatic hydroxyl groups excluding tert-OH is 1. The second-order valence-electron chi connectivity index (χ2n) is 5.33. The van der Waals surface area contributed by atoms with Gasteiger partial charge in [-0.05, 0) is 38.1 Å². The zero-order valence-corrected chi connectivity index (χ0v) is 13.3. The van der Waals surface area contributed by atoms with E-state index in [1.54, 1.807) is 0 Å². The summed E-state index contributed by atoms with van der Waals surface area (Å²) < 4.78 is 6.44. The van der Waals surface area contributed by atoms with Gasteiger partial charge in [-0.25, -0.2) is 0 Å². The van der Waals surface area contributed by atoms with E-state index in [-0.39, 0.29) is 18.9 Å². The van der Waals surface area contributed by atoms with Crippen LogP contribution in [0.2, 0.25) is 0 Å². The van der Waals surface area contributed by atoms with Crippen molar-refractivity contribution in [2.24, 2.45) is 5.73 Å². The first-order valence-corrected chi connectivity index (χ1v) is 7.17. The highest BCUT2D eigenvalue weighted by Crippen LogP contribution is 2.16. The van der Waals surface area contributed by atoms with E-state index in [0.717, 1.165) is 4.47 Å². The molecule has 0 aliphatic carbocycles. The molecule has 0 spiro atoms. The maximum atomic E-state index is 10.9. The van der Waals surface area contributed by atoms with E-state index in [4.69, 9.17) is 10.5 Å². The summed E-state index contributed by atoms with van der Waals surface area (Å²) >= 11 is 3.34. The number of β-amino-alcohol motifs (C(OH)–C–C–N with tert-alkyl or cyclic N) is 1. The zero-order chi connectivity index (χ0) is 15.2. The third-order valence-electron chi connectivity index (χ3n) is 2.69. The molecule has 0 fully saturated rings. The number of halogens is 1. The number of carbonyl (C=O) groups excluding carboxylic acids is 1. The van der Waals surface area contributed by atoms with Crippen LogP contribution in [0.1, 0.15) is 20.3 Å². The molecule has 0 heterocycles. The minimum Gasteiger partial charge on any atom is -0.491 e. The average molecular weight is 345 g/mol. The van der Waals surface area contributed by atoms with Gasteiger partial charge in [0.15, 0.2) is 0 Å². The number of aliphatic hydroxyl groups is 1. The summed E-state index contributed by atoms with van der Waals surface area (Å²) in [5.41, 5.74) is 4.72. The molecule has 4 N–H and O–H groups in total. The lowest BCUT2D eigenvalue weighted by molar-refractivity contribution is -0.119. The fourth-order valence-electron chi connectivity index (χ4n) is 1.67. The first-order chi connectivity index (χ1) is 9.28. The highest BCUT2D eigenvalue weighted by atomic mass is 79.9. The number of amides is 1. The maximum Gasteiger partial charge on any atom is 0.219 e. The molecule has 20 heavy (non-hydrogen) atoms. The smallest absolute Gasteiger partial charge is 0.219 e. The largest absolute Gasteiger partial charge is 0.491 e. The van der Waals surface area contributed by atoms with Crippen molar-refractivity contribution in [2.75, 3.05) is 13.2 Å². The Morgan fingerprint density at radius 1 is 1.45 bits per heavy atom. The van der Waals surface area contributed by atoms with Gasteiger partial charge in [0.25, 0.3) is 0 Å². The van der Waals surface area contributed by atoms with Crippen LogP contribution in [0.3, 0.4) is 0 Å². The third-order valence-corrected chi connectivity index (χ3v) is 3.22. The molecular formula is C14H21BrN2O3. The first-order valence-electron chi connectivity index (χ1n) is 6.38. The molecule has 0 saturated carbocycles. The Labute approximate surface area is 127 Å². The van der Waals surface area contributed by atoms with Gasteiger partial charge in [-0.3, -0.25) is 4.79 Å². The summed E-state index contributed by atoms with van der Waals surface area (Å²) in [4.78, 5) is 10.9. The van der Waals surface area contributed by atoms with Gasteiger partial charge in [-0.15, -0.1) is 0 Å². The Kier molecular flexibility index (Phi) is 6.45. The summed E-state index contributed by atoms with van der Waals surface area (Å²) in [5.74, 6) is 0.326. The Bertz CT molecular complexity index is 435. The van der Waals surface area contributed by atoms with Crippen LogP contribution in [0.25, 0.3) is 0 Å². The normalized spacial score (nSPS) is 13.0. The number of carbonyl (C=O) groups is 1. The molecule has 0 aliphatic rings. The summed E-state index contributed by atoms with van der Waals surface area (Å²) in [6.45, 7) is 4.23. The van der Waals surface area contributed by atoms with Crippen molar-refractivity contribution in [3.8, 4) is 5.75 Å². The van der Waals surface area contributed by atoms with Gasteiger partial charge < -0.3 is 20.9 Å². The van der Waals surface area contributed by atoms with Crippen LogP contribution in [0.4, 0.5) is 0 Å². The molecule has 1 amide bonds. The molecule has 0 aromatic heterocycles. The molecule has 1 rings (SSSR count). The minimum atomic E-state index is -0.661. The van der Waals surface area contributed by atoms with E-state index in [1.807, 2.05) is 38.1 Å². The lowest BCUT2D eigenvalue weighted by Gasteiger charge is -2.26. The SMILES string of the molecule is CC(C)(CC(N)=O)NCC(O)COc1ccc(Br)cc1. The second kappa shape index (κ2) is 7.61. The van der Waals surface area contributed by atoms with E-state index >= 15 is 0 Å². The van der Waals surface area contributed by atoms with E-state index in [2.05, 4.69) is 21.2 Å². The lowest BCUT2D eigenvalue weighted by Crippen LogP contribution is -2.46. The zero-order valence-electron chi connectivity index (χ0n) is 11.7. The number of benzene rings is 1. The van der Waals surface area contributed by atoms with Crippen LogP contribution < -0.4 is 15.8 Å². The average Bonchev–Trinajstić information content (AvgIpc) is 2.34. The van der Waals surface area contributed by atoms with Crippen molar-refractivity contribution in [1.82, 2.24) is 5.32 Å². The molecule has 1 unspecified atom stereocenters. The second-order valence-corrected chi connectivity index (χ2v) is 6.24. The van der Waals surface area contributed by atoms with Crippen LogP contribution in [0, 0.1) is 0 Å². The van der Waals surface area contributed by atoms with Gasteiger partial charge >= 0.3 is 0 Å². The van der Waals surface area contributed by atoms with Gasteiger partial charge in [-0.2, -0.15) is 0 Å². The summed E-state index contributed by atoms with van der Waals surface area (Å²) in [5, 5.41) is 12.9. The number of nitrogens with two attached hydrogens (primary N) is 1. The van der Waals surface area contributed by atoms with E-state index in [0.29, 0.717) is 12.3 Å². The molecule has 5 nitrogen and oxygen atoms in total. The molecule has 6 heteroatoms. The fourth-order valence-corrected chi connectivity index (χ4v) is 1.94. The summed E-state index contributed by atoms with van der Waals surface area (Å²) in [6, 6.07) is 7.38. The molecular weight excluding hydrogens is 324 g/mol. The van der Waals surface area contributed by atoms with Crippen molar-refractivity contribution in [3.63, 3.8) is 0 Å². The van der Waals surface area contributed by atoms with Gasteiger partial charge in [0.1, 0.15) is 18.5 Å². The quantitative estimate of drug-likeness (QED) is 0.666. The van der Waals surface area contributed by atoms with Crippen LogP contribution in [-0.2, 0) is 4.79 Å². The number of nitrogens with one attached hydrogen (secondary N) is 1. The van der Waals surface area contributed by atoms with Crippen molar-refractivity contribution in [1.29, 1.82) is 0 Å². The van der Waals surface area contributed by atoms with Crippen molar-refractivity contribution in [2.45, 2.75) is 31.9 Å². The van der Waals surface area contributed by atoms with Gasteiger partial charge in [0.2, 0.25) is 5.91 Å². The molecule has 0 aliphatic heterocycles.